The summed E-state index contributed by atoms with van der Waals surface area (Å²) in [7, 11) is 1.55. The molecule has 11 heavy (non-hydrogen) atoms. The van der Waals surface area contributed by atoms with Gasteiger partial charge in [0.25, 0.3) is 5.91 Å². The zero-order chi connectivity index (χ0) is 8.27. The number of rotatable bonds is 1. The van der Waals surface area contributed by atoms with Crippen molar-refractivity contribution in [2.45, 2.75) is 6.92 Å². The van der Waals surface area contributed by atoms with Gasteiger partial charge >= 0.3 is 0 Å². The van der Waals surface area contributed by atoms with Crippen LogP contribution >= 0.6 is 0 Å². The van der Waals surface area contributed by atoms with Crippen LogP contribution in [0.2, 0.25) is 0 Å². The first kappa shape index (κ1) is 7.65. The first-order valence-corrected chi connectivity index (χ1v) is 3.25. The molecule has 4 nitrogen and oxygen atoms in total. The second kappa shape index (κ2) is 3.09. The van der Waals surface area contributed by atoms with E-state index >= 15 is 0 Å². The van der Waals surface area contributed by atoms with Crippen molar-refractivity contribution in [3.8, 4) is 0 Å². The molecule has 0 radical (unpaired) electrons. The van der Waals surface area contributed by atoms with Crippen LogP contribution in [0.3, 0.4) is 0 Å². The van der Waals surface area contributed by atoms with Crippen LogP contribution < -0.4 is 5.32 Å². The number of nitrogens with zero attached hydrogens (tertiary/aromatic N) is 2. The molecular weight excluding hydrogens is 142 g/mol. The van der Waals surface area contributed by atoms with Crippen LogP contribution in [0.4, 0.5) is 0 Å². The Labute approximate surface area is 64.7 Å². The number of hydrogen-bond donors (Lipinski definition) is 1. The van der Waals surface area contributed by atoms with Crippen molar-refractivity contribution in [2.24, 2.45) is 0 Å². The van der Waals surface area contributed by atoms with E-state index in [2.05, 4.69) is 15.3 Å². The monoisotopic (exact) mass is 151 g/mol. The number of hydrogen-bond acceptors (Lipinski definition) is 3. The van der Waals surface area contributed by atoms with E-state index in [4.69, 9.17) is 0 Å². The van der Waals surface area contributed by atoms with Gasteiger partial charge in [-0.1, -0.05) is 0 Å². The SMILES string of the molecule is CNC(=O)c1ncc(C)cn1. The van der Waals surface area contributed by atoms with Crippen molar-refractivity contribution in [1.82, 2.24) is 15.3 Å². The average molecular weight is 151 g/mol. The Kier molecular flexibility index (Phi) is 2.15. The quantitative estimate of drug-likeness (QED) is 0.621. The molecule has 0 spiro atoms. The van der Waals surface area contributed by atoms with Crippen molar-refractivity contribution in [2.75, 3.05) is 7.05 Å². The highest BCUT2D eigenvalue weighted by Crippen LogP contribution is 1.92. The van der Waals surface area contributed by atoms with Gasteiger partial charge in [-0.05, 0) is 12.5 Å². The fraction of sp³-hybridized carbons (Fsp3) is 0.286. The summed E-state index contributed by atoms with van der Waals surface area (Å²) in [4.78, 5) is 18.5. The molecule has 0 bridgehead atoms. The van der Waals surface area contributed by atoms with Gasteiger partial charge < -0.3 is 5.32 Å². The van der Waals surface area contributed by atoms with E-state index in [9.17, 15) is 4.79 Å². The van der Waals surface area contributed by atoms with E-state index in [0.29, 0.717) is 0 Å². The lowest BCUT2D eigenvalue weighted by atomic mass is 10.4. The number of carbonyl (C=O) groups excluding carboxylic acids is 1. The summed E-state index contributed by atoms with van der Waals surface area (Å²) in [5, 5.41) is 2.44. The zero-order valence-electron chi connectivity index (χ0n) is 6.46. The summed E-state index contributed by atoms with van der Waals surface area (Å²) in [5.41, 5.74) is 0.942. The molecule has 1 aromatic rings. The summed E-state index contributed by atoms with van der Waals surface area (Å²) < 4.78 is 0. The van der Waals surface area contributed by atoms with Crippen LogP contribution in [0.1, 0.15) is 16.2 Å². The first-order valence-electron chi connectivity index (χ1n) is 3.25. The molecule has 4 heteroatoms. The Morgan fingerprint density at radius 3 is 2.45 bits per heavy atom. The molecule has 0 aromatic carbocycles. The Morgan fingerprint density at radius 2 is 2.00 bits per heavy atom. The third-order valence-electron chi connectivity index (χ3n) is 1.21. The molecule has 0 aliphatic carbocycles. The largest absolute Gasteiger partial charge is 0.352 e. The van der Waals surface area contributed by atoms with Crippen molar-refractivity contribution >= 4 is 5.91 Å². The minimum Gasteiger partial charge on any atom is -0.352 e. The van der Waals surface area contributed by atoms with Crippen molar-refractivity contribution in [1.29, 1.82) is 0 Å². The molecule has 0 fully saturated rings. The van der Waals surface area contributed by atoms with Gasteiger partial charge in [-0.25, -0.2) is 9.97 Å². The molecule has 1 N–H and O–H groups in total. The van der Waals surface area contributed by atoms with E-state index in [1.165, 1.54) is 0 Å². The maximum Gasteiger partial charge on any atom is 0.288 e. The predicted octanol–water partition coefficient (Wildman–Crippen LogP) is 0.145. The van der Waals surface area contributed by atoms with Crippen molar-refractivity contribution in [3.05, 3.63) is 23.8 Å². The third kappa shape index (κ3) is 1.73. The minimum absolute atomic E-state index is 0.207. The molecule has 0 unspecified atom stereocenters. The fourth-order valence-electron chi connectivity index (χ4n) is 0.622. The third-order valence-corrected chi connectivity index (χ3v) is 1.21. The van der Waals surface area contributed by atoms with Crippen LogP contribution in [0.15, 0.2) is 12.4 Å². The normalized spacial score (nSPS) is 9.27. The van der Waals surface area contributed by atoms with Gasteiger partial charge in [-0.15, -0.1) is 0 Å². The predicted molar refractivity (Wildman–Crippen MR) is 40.2 cm³/mol. The highest BCUT2D eigenvalue weighted by molar-refractivity contribution is 5.89. The number of nitrogens with one attached hydrogen (secondary N) is 1. The van der Waals surface area contributed by atoms with Crippen molar-refractivity contribution < 1.29 is 4.79 Å². The van der Waals surface area contributed by atoms with Gasteiger partial charge in [0.15, 0.2) is 0 Å². The molecule has 58 valence electrons. The molecule has 0 saturated carbocycles. The molecular formula is C7H9N3O. The minimum atomic E-state index is -0.259. The lowest BCUT2D eigenvalue weighted by Gasteiger charge is -1.96. The molecule has 0 saturated heterocycles. The van der Waals surface area contributed by atoms with E-state index in [0.717, 1.165) is 5.56 Å². The topological polar surface area (TPSA) is 54.9 Å². The van der Waals surface area contributed by atoms with E-state index in [-0.39, 0.29) is 11.7 Å². The first-order chi connectivity index (χ1) is 5.24. The highest BCUT2D eigenvalue weighted by atomic mass is 16.2. The molecule has 1 heterocycles. The number of carbonyl (C=O) groups is 1. The molecule has 0 atom stereocenters. The second-order valence-corrected chi connectivity index (χ2v) is 2.16. The van der Waals surface area contributed by atoms with Crippen LogP contribution in [0.5, 0.6) is 0 Å². The Morgan fingerprint density at radius 1 is 1.45 bits per heavy atom. The summed E-state index contributed by atoms with van der Waals surface area (Å²) >= 11 is 0. The molecule has 1 aromatic heterocycles. The summed E-state index contributed by atoms with van der Waals surface area (Å²) in [6.07, 6.45) is 3.22. The molecule has 0 aliphatic heterocycles. The second-order valence-electron chi connectivity index (χ2n) is 2.16. The summed E-state index contributed by atoms with van der Waals surface area (Å²) in [6.45, 7) is 1.87. The summed E-state index contributed by atoms with van der Waals surface area (Å²) in [5.74, 6) is -0.0527. The smallest absolute Gasteiger partial charge is 0.288 e. The highest BCUT2D eigenvalue weighted by Gasteiger charge is 2.03. The Bertz CT molecular complexity index is 255. The van der Waals surface area contributed by atoms with Gasteiger partial charge in [0.2, 0.25) is 5.82 Å². The van der Waals surface area contributed by atoms with E-state index in [1.54, 1.807) is 19.4 Å². The van der Waals surface area contributed by atoms with Crippen LogP contribution in [-0.2, 0) is 0 Å². The lowest BCUT2D eigenvalue weighted by Crippen LogP contribution is -2.20. The van der Waals surface area contributed by atoms with Crippen LogP contribution in [-0.4, -0.2) is 22.9 Å². The molecule has 1 amide bonds. The van der Waals surface area contributed by atoms with Crippen molar-refractivity contribution in [3.63, 3.8) is 0 Å². The standard InChI is InChI=1S/C7H9N3O/c1-5-3-9-6(10-4-5)7(11)8-2/h3-4H,1-2H3,(H,8,11). The van der Waals surface area contributed by atoms with Gasteiger partial charge in [-0.2, -0.15) is 0 Å². The van der Waals surface area contributed by atoms with Gasteiger partial charge in [0, 0.05) is 19.4 Å². The molecule has 1 rings (SSSR count). The fourth-order valence-corrected chi connectivity index (χ4v) is 0.622. The lowest BCUT2D eigenvalue weighted by molar-refractivity contribution is 0.0952. The number of aryl methyl sites for hydroxylation is 1. The Hall–Kier alpha value is -1.45. The van der Waals surface area contributed by atoms with E-state index < -0.39 is 0 Å². The van der Waals surface area contributed by atoms with Gasteiger partial charge in [0.1, 0.15) is 0 Å². The van der Waals surface area contributed by atoms with Gasteiger partial charge in [-0.3, -0.25) is 4.79 Å². The van der Waals surface area contributed by atoms with Crippen LogP contribution in [0.25, 0.3) is 0 Å². The Balaban J connectivity index is 2.90. The number of amides is 1. The number of aromatic nitrogens is 2. The van der Waals surface area contributed by atoms with Gasteiger partial charge in [0.05, 0.1) is 0 Å². The van der Waals surface area contributed by atoms with Crippen LogP contribution in [0, 0.1) is 6.92 Å². The zero-order valence-corrected chi connectivity index (χ0v) is 6.46. The van der Waals surface area contributed by atoms with E-state index in [1.807, 2.05) is 6.92 Å². The average Bonchev–Trinajstić information content (AvgIpc) is 2.05. The summed E-state index contributed by atoms with van der Waals surface area (Å²) in [6, 6.07) is 0. The molecule has 0 aliphatic rings. The maximum atomic E-state index is 10.9. The maximum absolute atomic E-state index is 10.9.